The zero-order valence-corrected chi connectivity index (χ0v) is 23.0. The van der Waals surface area contributed by atoms with Gasteiger partial charge in [-0.2, -0.15) is 9.97 Å². The summed E-state index contributed by atoms with van der Waals surface area (Å²) in [6, 6.07) is 14.2. The second kappa shape index (κ2) is 11.2. The SMILES string of the molecule is CN1CCC(Nc2nc(Nc3ccc(N4CCN(C)CC4)cc3)nc3[nH]cc(C(=O)c4ccc(F)cc4)c23)CC1. The van der Waals surface area contributed by atoms with Crippen LogP contribution < -0.4 is 15.5 Å². The molecule has 4 heterocycles. The number of likely N-dealkylation sites (N-methyl/N-ethyl adjacent to an activating group) is 1. The molecule has 6 rings (SSSR count). The zero-order valence-electron chi connectivity index (χ0n) is 23.0. The molecule has 2 aliphatic heterocycles. The third kappa shape index (κ3) is 5.64. The molecule has 0 atom stereocenters. The number of halogens is 1. The molecule has 9 nitrogen and oxygen atoms in total. The van der Waals surface area contributed by atoms with Crippen molar-refractivity contribution in [1.82, 2.24) is 24.8 Å². The number of rotatable bonds is 7. The summed E-state index contributed by atoms with van der Waals surface area (Å²) in [5, 5.41) is 7.60. The molecule has 2 aromatic carbocycles. The van der Waals surface area contributed by atoms with Crippen LogP contribution in [0.4, 0.5) is 27.5 Å². The number of aromatic amines is 1. The average molecular weight is 543 g/mol. The van der Waals surface area contributed by atoms with Crippen LogP contribution in [-0.4, -0.2) is 89.9 Å². The summed E-state index contributed by atoms with van der Waals surface area (Å²) in [6.45, 7) is 6.13. The fourth-order valence-electron chi connectivity index (χ4n) is 5.42. The molecule has 10 heteroatoms. The Balaban J connectivity index is 1.29. The summed E-state index contributed by atoms with van der Waals surface area (Å²) in [4.78, 5) is 33.2. The van der Waals surface area contributed by atoms with E-state index in [0.29, 0.717) is 33.9 Å². The minimum atomic E-state index is -0.379. The Morgan fingerprint density at radius 2 is 1.57 bits per heavy atom. The highest BCUT2D eigenvalue weighted by Gasteiger charge is 2.23. The van der Waals surface area contributed by atoms with Gasteiger partial charge < -0.3 is 30.3 Å². The molecule has 208 valence electrons. The van der Waals surface area contributed by atoms with E-state index >= 15 is 0 Å². The second-order valence-corrected chi connectivity index (χ2v) is 10.8. The maximum absolute atomic E-state index is 13.5. The van der Waals surface area contributed by atoms with Crippen LogP contribution in [0.15, 0.2) is 54.7 Å². The van der Waals surface area contributed by atoms with Crippen molar-refractivity contribution in [3.8, 4) is 0 Å². The summed E-state index contributed by atoms with van der Waals surface area (Å²) in [5.41, 5.74) is 3.52. The van der Waals surface area contributed by atoms with E-state index in [0.717, 1.165) is 57.8 Å². The fraction of sp³-hybridized carbons (Fsp3) is 0.367. The first-order valence-corrected chi connectivity index (χ1v) is 13.9. The number of nitrogens with zero attached hydrogens (tertiary/aromatic N) is 5. The van der Waals surface area contributed by atoms with Crippen molar-refractivity contribution in [2.75, 3.05) is 68.9 Å². The maximum atomic E-state index is 13.5. The van der Waals surface area contributed by atoms with Crippen LogP contribution in [0, 0.1) is 5.82 Å². The smallest absolute Gasteiger partial charge is 0.231 e. The number of carbonyl (C=O) groups is 1. The lowest BCUT2D eigenvalue weighted by Gasteiger charge is -2.34. The Bertz CT molecular complexity index is 1470. The van der Waals surface area contributed by atoms with Gasteiger partial charge in [-0.25, -0.2) is 4.39 Å². The third-order valence-electron chi connectivity index (χ3n) is 7.93. The van der Waals surface area contributed by atoms with Gasteiger partial charge in [0, 0.05) is 55.4 Å². The molecule has 0 amide bonds. The number of anilines is 4. The van der Waals surface area contributed by atoms with Gasteiger partial charge in [-0.05, 0) is 88.6 Å². The molecule has 2 aliphatic rings. The van der Waals surface area contributed by atoms with Gasteiger partial charge in [-0.3, -0.25) is 4.79 Å². The lowest BCUT2D eigenvalue weighted by molar-refractivity contribution is 0.104. The van der Waals surface area contributed by atoms with E-state index in [2.05, 4.69) is 56.5 Å². The first-order chi connectivity index (χ1) is 19.4. The van der Waals surface area contributed by atoms with Crippen LogP contribution in [0.1, 0.15) is 28.8 Å². The first-order valence-electron chi connectivity index (χ1n) is 13.9. The van der Waals surface area contributed by atoms with E-state index in [-0.39, 0.29) is 17.6 Å². The molecule has 2 fully saturated rings. The number of piperazine rings is 1. The fourth-order valence-corrected chi connectivity index (χ4v) is 5.42. The number of H-pyrrole nitrogens is 1. The Morgan fingerprint density at radius 1 is 0.900 bits per heavy atom. The summed E-state index contributed by atoms with van der Waals surface area (Å²) in [5.74, 6) is 0.470. The van der Waals surface area contributed by atoms with Gasteiger partial charge in [-0.15, -0.1) is 0 Å². The van der Waals surface area contributed by atoms with Gasteiger partial charge in [0.05, 0.1) is 10.9 Å². The van der Waals surface area contributed by atoms with Crippen molar-refractivity contribution < 1.29 is 9.18 Å². The molecule has 3 N–H and O–H groups in total. The van der Waals surface area contributed by atoms with Crippen molar-refractivity contribution in [3.05, 3.63) is 71.7 Å². The van der Waals surface area contributed by atoms with E-state index in [1.165, 1.54) is 30.0 Å². The van der Waals surface area contributed by atoms with Gasteiger partial charge in [-0.1, -0.05) is 0 Å². The number of fused-ring (bicyclic) bond motifs is 1. The van der Waals surface area contributed by atoms with E-state index < -0.39 is 0 Å². The number of piperidine rings is 1. The molecular weight excluding hydrogens is 507 g/mol. The van der Waals surface area contributed by atoms with E-state index in [1.807, 2.05) is 12.1 Å². The standard InChI is InChI=1S/C30H35FN8O/c1-37-13-11-23(12-14-37)33-29-26-25(27(40)20-3-5-21(31)6-4-20)19-32-28(26)35-30(36-29)34-22-7-9-24(10-8-22)39-17-15-38(2)16-18-39/h3-10,19,23H,11-18H2,1-2H3,(H3,32,33,34,35,36). The molecule has 40 heavy (non-hydrogen) atoms. The van der Waals surface area contributed by atoms with Crippen LogP contribution >= 0.6 is 0 Å². The lowest BCUT2D eigenvalue weighted by Crippen LogP contribution is -2.44. The van der Waals surface area contributed by atoms with Crippen molar-refractivity contribution in [2.45, 2.75) is 18.9 Å². The Hall–Kier alpha value is -4.02. The quantitative estimate of drug-likeness (QED) is 0.297. The Labute approximate surface area is 233 Å². The highest BCUT2D eigenvalue weighted by atomic mass is 19.1. The molecule has 0 bridgehead atoms. The van der Waals surface area contributed by atoms with Crippen molar-refractivity contribution >= 4 is 40.0 Å². The predicted molar refractivity (Wildman–Crippen MR) is 157 cm³/mol. The number of carbonyl (C=O) groups excluding carboxylic acids is 1. The number of aromatic nitrogens is 3. The van der Waals surface area contributed by atoms with Gasteiger partial charge >= 0.3 is 0 Å². The lowest BCUT2D eigenvalue weighted by atomic mass is 10.0. The number of likely N-dealkylation sites (tertiary alicyclic amines) is 1. The van der Waals surface area contributed by atoms with Crippen LogP contribution in [0.5, 0.6) is 0 Å². The van der Waals surface area contributed by atoms with Crippen molar-refractivity contribution in [1.29, 1.82) is 0 Å². The number of benzene rings is 2. The first kappa shape index (κ1) is 26.2. The van der Waals surface area contributed by atoms with Crippen LogP contribution in [0.2, 0.25) is 0 Å². The molecule has 2 saturated heterocycles. The highest BCUT2D eigenvalue weighted by Crippen LogP contribution is 2.30. The Kier molecular flexibility index (Phi) is 7.36. The largest absolute Gasteiger partial charge is 0.369 e. The highest BCUT2D eigenvalue weighted by molar-refractivity contribution is 6.18. The van der Waals surface area contributed by atoms with Crippen LogP contribution in [-0.2, 0) is 0 Å². The molecule has 2 aromatic heterocycles. The molecule has 0 saturated carbocycles. The molecule has 0 radical (unpaired) electrons. The average Bonchev–Trinajstić information content (AvgIpc) is 3.40. The summed E-state index contributed by atoms with van der Waals surface area (Å²) >= 11 is 0. The van der Waals surface area contributed by atoms with Crippen molar-refractivity contribution in [2.24, 2.45) is 0 Å². The molecule has 0 spiro atoms. The number of ketones is 1. The topological polar surface area (TPSA) is 92.4 Å². The van der Waals surface area contributed by atoms with Gasteiger partial charge in [0.1, 0.15) is 17.3 Å². The van der Waals surface area contributed by atoms with Gasteiger partial charge in [0.15, 0.2) is 5.78 Å². The molecule has 4 aromatic rings. The van der Waals surface area contributed by atoms with Gasteiger partial charge in [0.25, 0.3) is 0 Å². The zero-order chi connectivity index (χ0) is 27.6. The normalized spacial score (nSPS) is 17.3. The molecule has 0 aliphatic carbocycles. The van der Waals surface area contributed by atoms with Gasteiger partial charge in [0.2, 0.25) is 5.95 Å². The number of hydrogen-bond donors (Lipinski definition) is 3. The molecule has 0 unspecified atom stereocenters. The predicted octanol–water partition coefficient (Wildman–Crippen LogP) is 4.33. The van der Waals surface area contributed by atoms with Crippen molar-refractivity contribution in [3.63, 3.8) is 0 Å². The minimum Gasteiger partial charge on any atom is -0.369 e. The third-order valence-corrected chi connectivity index (χ3v) is 7.93. The summed E-state index contributed by atoms with van der Waals surface area (Å²) < 4.78 is 13.5. The van der Waals surface area contributed by atoms with Crippen LogP contribution in [0.25, 0.3) is 11.0 Å². The number of hydrogen-bond acceptors (Lipinski definition) is 8. The summed E-state index contributed by atoms with van der Waals surface area (Å²) in [7, 11) is 4.28. The monoisotopic (exact) mass is 542 g/mol. The molecular formula is C30H35FN8O. The van der Waals surface area contributed by atoms with Crippen LogP contribution in [0.3, 0.4) is 0 Å². The second-order valence-electron chi connectivity index (χ2n) is 10.8. The Morgan fingerprint density at radius 3 is 2.27 bits per heavy atom. The summed E-state index contributed by atoms with van der Waals surface area (Å²) in [6.07, 6.45) is 3.62. The number of nitrogens with one attached hydrogen (secondary N) is 3. The van der Waals surface area contributed by atoms with E-state index in [9.17, 15) is 9.18 Å². The van der Waals surface area contributed by atoms with E-state index in [1.54, 1.807) is 6.20 Å². The minimum absolute atomic E-state index is 0.207. The van der Waals surface area contributed by atoms with E-state index in [4.69, 9.17) is 9.97 Å². The maximum Gasteiger partial charge on any atom is 0.231 e.